The Morgan fingerprint density at radius 3 is 2.90 bits per heavy atom. The lowest BCUT2D eigenvalue weighted by molar-refractivity contribution is 0.177. The molecule has 114 valence electrons. The van der Waals surface area contributed by atoms with Gasteiger partial charge in [0.15, 0.2) is 0 Å². The molecular weight excluding hydrogens is 295 g/mol. The number of ether oxygens (including phenoxy) is 1. The zero-order valence-corrected chi connectivity index (χ0v) is 13.8. The molecule has 1 aromatic rings. The van der Waals surface area contributed by atoms with E-state index in [1.165, 1.54) is 6.42 Å². The molecule has 1 unspecified atom stereocenters. The van der Waals surface area contributed by atoms with Gasteiger partial charge < -0.3 is 15.0 Å². The maximum atomic E-state index is 5.92. The molecule has 3 nitrogen and oxygen atoms in total. The van der Waals surface area contributed by atoms with Gasteiger partial charge in [-0.25, -0.2) is 0 Å². The molecular formula is C15H24Cl2N2O. The number of halogens is 2. The molecule has 1 heterocycles. The van der Waals surface area contributed by atoms with Gasteiger partial charge in [0.05, 0.1) is 0 Å². The average Bonchev–Trinajstić information content (AvgIpc) is 2.75. The van der Waals surface area contributed by atoms with Crippen molar-refractivity contribution in [1.29, 1.82) is 0 Å². The van der Waals surface area contributed by atoms with Crippen molar-refractivity contribution in [2.45, 2.75) is 13.3 Å². The second kappa shape index (κ2) is 8.08. The van der Waals surface area contributed by atoms with Crippen LogP contribution in [0.5, 0.6) is 5.75 Å². The predicted molar refractivity (Wildman–Crippen MR) is 87.3 cm³/mol. The summed E-state index contributed by atoms with van der Waals surface area (Å²) in [6.45, 7) is 7.35. The van der Waals surface area contributed by atoms with Gasteiger partial charge in [-0.1, -0.05) is 24.6 Å². The van der Waals surface area contributed by atoms with Gasteiger partial charge in [0, 0.05) is 24.7 Å². The third-order valence-electron chi connectivity index (χ3n) is 3.65. The maximum absolute atomic E-state index is 5.92. The third kappa shape index (κ3) is 5.49. The molecule has 2 rings (SSSR count). The van der Waals surface area contributed by atoms with E-state index in [1.54, 1.807) is 0 Å². The van der Waals surface area contributed by atoms with E-state index in [1.807, 2.05) is 24.3 Å². The number of hydrogen-bond acceptors (Lipinski definition) is 3. The Morgan fingerprint density at radius 2 is 2.25 bits per heavy atom. The molecule has 1 atom stereocenters. The van der Waals surface area contributed by atoms with Crippen molar-refractivity contribution in [3.05, 3.63) is 29.3 Å². The summed E-state index contributed by atoms with van der Waals surface area (Å²) in [5.41, 5.74) is 0.408. The molecule has 1 aliphatic heterocycles. The van der Waals surface area contributed by atoms with E-state index in [2.05, 4.69) is 24.2 Å². The Bertz CT molecular complexity index is 409. The van der Waals surface area contributed by atoms with Crippen molar-refractivity contribution in [1.82, 2.24) is 10.2 Å². The predicted octanol–water partition coefficient (Wildman–Crippen LogP) is 3.07. The van der Waals surface area contributed by atoms with Crippen molar-refractivity contribution < 1.29 is 4.74 Å². The smallest absolute Gasteiger partial charge is 0.120 e. The van der Waals surface area contributed by atoms with Crippen molar-refractivity contribution in [2.24, 2.45) is 5.41 Å². The molecule has 1 aliphatic rings. The van der Waals surface area contributed by atoms with Gasteiger partial charge in [-0.3, -0.25) is 0 Å². The van der Waals surface area contributed by atoms with Crippen molar-refractivity contribution in [2.75, 3.05) is 39.8 Å². The van der Waals surface area contributed by atoms with Gasteiger partial charge in [-0.2, -0.15) is 0 Å². The number of rotatable bonds is 6. The summed E-state index contributed by atoms with van der Waals surface area (Å²) in [6, 6.07) is 7.55. The second-order valence-electron chi connectivity index (χ2n) is 5.78. The molecule has 1 fully saturated rings. The average molecular weight is 319 g/mol. The molecule has 0 spiro atoms. The summed E-state index contributed by atoms with van der Waals surface area (Å²) in [6.07, 6.45) is 1.26. The van der Waals surface area contributed by atoms with Crippen LogP contribution in [0.3, 0.4) is 0 Å². The molecule has 0 aromatic heterocycles. The molecule has 0 aliphatic carbocycles. The number of nitrogens with one attached hydrogen (secondary N) is 1. The number of nitrogens with zero attached hydrogens (tertiary/aromatic N) is 1. The Morgan fingerprint density at radius 1 is 1.45 bits per heavy atom. The molecule has 1 N–H and O–H groups in total. The highest BCUT2D eigenvalue weighted by atomic mass is 35.5. The van der Waals surface area contributed by atoms with Crippen molar-refractivity contribution in [3.8, 4) is 5.75 Å². The van der Waals surface area contributed by atoms with Gasteiger partial charge in [0.1, 0.15) is 12.4 Å². The molecule has 0 amide bonds. The number of benzene rings is 1. The highest BCUT2D eigenvalue weighted by Crippen LogP contribution is 2.25. The van der Waals surface area contributed by atoms with E-state index in [9.17, 15) is 0 Å². The van der Waals surface area contributed by atoms with Crippen LogP contribution >= 0.6 is 24.0 Å². The van der Waals surface area contributed by atoms with E-state index in [-0.39, 0.29) is 12.4 Å². The number of hydrogen-bond donors (Lipinski definition) is 1. The summed E-state index contributed by atoms with van der Waals surface area (Å²) in [5.74, 6) is 0.842. The largest absolute Gasteiger partial charge is 0.492 e. The van der Waals surface area contributed by atoms with Crippen LogP contribution in [-0.2, 0) is 0 Å². The first kappa shape index (κ1) is 17.6. The summed E-state index contributed by atoms with van der Waals surface area (Å²) < 4.78 is 5.71. The highest BCUT2D eigenvalue weighted by molar-refractivity contribution is 6.30. The quantitative estimate of drug-likeness (QED) is 0.872. The van der Waals surface area contributed by atoms with E-state index >= 15 is 0 Å². The van der Waals surface area contributed by atoms with Crippen molar-refractivity contribution >= 4 is 24.0 Å². The lowest BCUT2D eigenvalue weighted by Gasteiger charge is -2.29. The van der Waals surface area contributed by atoms with E-state index in [0.717, 1.165) is 37.0 Å². The molecule has 20 heavy (non-hydrogen) atoms. The molecule has 0 bridgehead atoms. The van der Waals surface area contributed by atoms with Crippen LogP contribution in [0.2, 0.25) is 5.02 Å². The fourth-order valence-corrected chi connectivity index (χ4v) is 2.79. The summed E-state index contributed by atoms with van der Waals surface area (Å²) >= 11 is 5.92. The van der Waals surface area contributed by atoms with Crippen LogP contribution in [0.25, 0.3) is 0 Å². The van der Waals surface area contributed by atoms with Crippen LogP contribution in [-0.4, -0.2) is 44.7 Å². The van der Waals surface area contributed by atoms with Crippen LogP contribution in [0.15, 0.2) is 24.3 Å². The third-order valence-corrected chi connectivity index (χ3v) is 3.88. The van der Waals surface area contributed by atoms with Gasteiger partial charge in [-0.05, 0) is 43.6 Å². The fraction of sp³-hybridized carbons (Fsp3) is 0.600. The molecule has 1 saturated heterocycles. The Hall–Kier alpha value is -0.480. The normalized spacial score (nSPS) is 21.8. The SMILES string of the molecule is CN(CCOc1cccc(Cl)c1)CC1(C)CCNC1.Cl. The molecule has 1 aromatic carbocycles. The molecule has 0 saturated carbocycles. The van der Waals surface area contributed by atoms with E-state index in [4.69, 9.17) is 16.3 Å². The van der Waals surface area contributed by atoms with E-state index < -0.39 is 0 Å². The van der Waals surface area contributed by atoms with Crippen LogP contribution in [0.1, 0.15) is 13.3 Å². The van der Waals surface area contributed by atoms with Crippen molar-refractivity contribution in [3.63, 3.8) is 0 Å². The van der Waals surface area contributed by atoms with Gasteiger partial charge in [0.2, 0.25) is 0 Å². The Labute approximate surface area is 133 Å². The molecule has 5 heteroatoms. The zero-order chi connectivity index (χ0) is 13.7. The van der Waals surface area contributed by atoms with Gasteiger partial charge >= 0.3 is 0 Å². The number of likely N-dealkylation sites (N-methyl/N-ethyl adjacent to an activating group) is 1. The summed E-state index contributed by atoms with van der Waals surface area (Å²) in [5, 5.41) is 4.15. The monoisotopic (exact) mass is 318 g/mol. The van der Waals surface area contributed by atoms with Gasteiger partial charge in [0.25, 0.3) is 0 Å². The topological polar surface area (TPSA) is 24.5 Å². The van der Waals surface area contributed by atoms with Crippen LogP contribution in [0, 0.1) is 5.41 Å². The second-order valence-corrected chi connectivity index (χ2v) is 6.22. The standard InChI is InChI=1S/C15H23ClN2O.ClH/c1-15(6-7-17-11-15)12-18(2)8-9-19-14-5-3-4-13(16)10-14;/h3-5,10,17H,6-9,11-12H2,1-2H3;1H. The first-order valence-corrected chi connectivity index (χ1v) is 7.23. The van der Waals surface area contributed by atoms with Crippen LogP contribution in [0.4, 0.5) is 0 Å². The fourth-order valence-electron chi connectivity index (χ4n) is 2.61. The Kier molecular flexibility index (Phi) is 7.10. The summed E-state index contributed by atoms with van der Waals surface area (Å²) in [7, 11) is 2.16. The zero-order valence-electron chi connectivity index (χ0n) is 12.2. The summed E-state index contributed by atoms with van der Waals surface area (Å²) in [4.78, 5) is 2.34. The first-order valence-electron chi connectivity index (χ1n) is 6.85. The lowest BCUT2D eigenvalue weighted by atomic mass is 9.89. The van der Waals surface area contributed by atoms with Gasteiger partial charge in [-0.15, -0.1) is 12.4 Å². The lowest BCUT2D eigenvalue weighted by Crippen LogP contribution is -2.37. The maximum Gasteiger partial charge on any atom is 0.120 e. The minimum atomic E-state index is 0. The first-order chi connectivity index (χ1) is 9.07. The van der Waals surface area contributed by atoms with Crippen LogP contribution < -0.4 is 10.1 Å². The Balaban J connectivity index is 0.00000200. The van der Waals surface area contributed by atoms with E-state index in [0.29, 0.717) is 12.0 Å². The molecule has 0 radical (unpaired) electrons. The minimum absolute atomic E-state index is 0. The highest BCUT2D eigenvalue weighted by Gasteiger charge is 2.29. The minimum Gasteiger partial charge on any atom is -0.492 e.